The highest BCUT2D eigenvalue weighted by Crippen LogP contribution is 2.49. The Morgan fingerprint density at radius 3 is 2.53 bits per heavy atom. The van der Waals surface area contributed by atoms with Gasteiger partial charge in [-0.2, -0.15) is 0 Å². The average molecular weight is 285 g/mol. The van der Waals surface area contributed by atoms with E-state index in [1.807, 2.05) is 24.3 Å². The minimum Gasteiger partial charge on any atom is -0.287 e. The Labute approximate surface area is 111 Å². The van der Waals surface area contributed by atoms with Gasteiger partial charge in [0.15, 0.2) is 6.73 Å². The second-order valence-corrected chi connectivity index (χ2v) is 5.29. The van der Waals surface area contributed by atoms with Gasteiger partial charge in [0, 0.05) is 0 Å². The van der Waals surface area contributed by atoms with Crippen LogP contribution in [0.25, 0.3) is 11.0 Å². The van der Waals surface area contributed by atoms with Crippen LogP contribution < -0.4 is 0 Å². The van der Waals surface area contributed by atoms with Crippen molar-refractivity contribution in [3.8, 4) is 0 Å². The number of para-hydroxylation sites is 1. The standard InChI is InChI=1S/C11H16N3O4P/c1-3-16-19(15,17-4-2)18-9-14-11-8-6-5-7-10(11)12-13-14/h5-8H,3-4,9H2,1-2H3. The molecular weight excluding hydrogens is 269 g/mol. The fourth-order valence-corrected chi connectivity index (χ4v) is 2.67. The number of aromatic nitrogens is 3. The Balaban J connectivity index is 2.10. The molecule has 0 N–H and O–H groups in total. The largest absolute Gasteiger partial charge is 0.476 e. The zero-order valence-electron chi connectivity index (χ0n) is 10.9. The number of benzene rings is 1. The van der Waals surface area contributed by atoms with Crippen LogP contribution in [-0.2, 0) is 24.9 Å². The van der Waals surface area contributed by atoms with E-state index in [1.165, 1.54) is 4.68 Å². The first kappa shape index (κ1) is 14.1. The molecule has 104 valence electrons. The van der Waals surface area contributed by atoms with E-state index in [1.54, 1.807) is 13.8 Å². The van der Waals surface area contributed by atoms with Crippen molar-refractivity contribution in [1.29, 1.82) is 0 Å². The Hall–Kier alpha value is -1.27. The van der Waals surface area contributed by atoms with E-state index in [4.69, 9.17) is 13.6 Å². The summed E-state index contributed by atoms with van der Waals surface area (Å²) < 4.78 is 28.9. The monoisotopic (exact) mass is 285 g/mol. The predicted octanol–water partition coefficient (Wildman–Crippen LogP) is 2.59. The van der Waals surface area contributed by atoms with Crippen LogP contribution >= 0.6 is 7.82 Å². The Morgan fingerprint density at radius 2 is 1.84 bits per heavy atom. The molecular formula is C11H16N3O4P. The van der Waals surface area contributed by atoms with Crippen LogP contribution in [0.1, 0.15) is 13.8 Å². The van der Waals surface area contributed by atoms with Crippen molar-refractivity contribution in [3.63, 3.8) is 0 Å². The quantitative estimate of drug-likeness (QED) is 0.728. The molecule has 0 saturated heterocycles. The van der Waals surface area contributed by atoms with Gasteiger partial charge in [-0.15, -0.1) is 5.10 Å². The fraction of sp³-hybridized carbons (Fsp3) is 0.455. The smallest absolute Gasteiger partial charge is 0.287 e. The molecule has 0 fully saturated rings. The zero-order valence-corrected chi connectivity index (χ0v) is 11.7. The summed E-state index contributed by atoms with van der Waals surface area (Å²) in [7, 11) is -3.53. The van der Waals surface area contributed by atoms with Crippen molar-refractivity contribution in [3.05, 3.63) is 24.3 Å². The van der Waals surface area contributed by atoms with Gasteiger partial charge in [-0.1, -0.05) is 17.3 Å². The zero-order chi connectivity index (χ0) is 13.7. The fourth-order valence-electron chi connectivity index (χ4n) is 1.57. The number of nitrogens with zero attached hydrogens (tertiary/aromatic N) is 3. The van der Waals surface area contributed by atoms with Gasteiger partial charge in [0.05, 0.1) is 18.7 Å². The van der Waals surface area contributed by atoms with Crippen LogP contribution in [-0.4, -0.2) is 28.2 Å². The first-order chi connectivity index (χ1) is 9.18. The van der Waals surface area contributed by atoms with E-state index in [-0.39, 0.29) is 19.9 Å². The number of phosphoric ester groups is 1. The molecule has 1 aromatic carbocycles. The van der Waals surface area contributed by atoms with Crippen molar-refractivity contribution in [2.24, 2.45) is 0 Å². The molecule has 0 atom stereocenters. The Morgan fingerprint density at radius 1 is 1.16 bits per heavy atom. The van der Waals surface area contributed by atoms with Crippen molar-refractivity contribution in [1.82, 2.24) is 15.0 Å². The molecule has 0 aliphatic rings. The van der Waals surface area contributed by atoms with Crippen LogP contribution in [0.2, 0.25) is 0 Å². The van der Waals surface area contributed by atoms with Crippen molar-refractivity contribution >= 4 is 18.9 Å². The molecule has 7 nitrogen and oxygen atoms in total. The van der Waals surface area contributed by atoms with E-state index in [9.17, 15) is 4.57 Å². The van der Waals surface area contributed by atoms with Gasteiger partial charge in [-0.3, -0.25) is 13.6 Å². The lowest BCUT2D eigenvalue weighted by molar-refractivity contribution is 0.0927. The number of hydrogen-bond donors (Lipinski definition) is 0. The molecule has 8 heteroatoms. The van der Waals surface area contributed by atoms with Crippen molar-refractivity contribution in [2.75, 3.05) is 13.2 Å². The SMILES string of the molecule is CCOP(=O)(OCC)OCn1nnc2ccccc21. The summed E-state index contributed by atoms with van der Waals surface area (Å²) in [4.78, 5) is 0. The Bertz CT molecular complexity index is 576. The molecule has 2 rings (SSSR count). The summed E-state index contributed by atoms with van der Waals surface area (Å²) in [6.45, 7) is 3.89. The third-order valence-corrected chi connectivity index (χ3v) is 3.91. The summed E-state index contributed by atoms with van der Waals surface area (Å²) in [5, 5.41) is 7.90. The second-order valence-electron chi connectivity index (χ2n) is 3.62. The van der Waals surface area contributed by atoms with E-state index >= 15 is 0 Å². The Kier molecular flexibility index (Phi) is 4.66. The van der Waals surface area contributed by atoms with Crippen LogP contribution in [0.4, 0.5) is 0 Å². The van der Waals surface area contributed by atoms with E-state index in [2.05, 4.69) is 10.3 Å². The molecule has 19 heavy (non-hydrogen) atoms. The molecule has 0 aliphatic carbocycles. The second kappa shape index (κ2) is 6.25. The first-order valence-electron chi connectivity index (χ1n) is 6.00. The maximum Gasteiger partial charge on any atom is 0.476 e. The minimum absolute atomic E-state index is 0.0439. The highest BCUT2D eigenvalue weighted by molar-refractivity contribution is 7.48. The molecule has 2 aromatic rings. The molecule has 0 radical (unpaired) electrons. The molecule has 0 unspecified atom stereocenters. The van der Waals surface area contributed by atoms with Gasteiger partial charge in [-0.05, 0) is 26.0 Å². The first-order valence-corrected chi connectivity index (χ1v) is 7.46. The molecule has 0 amide bonds. The lowest BCUT2D eigenvalue weighted by atomic mass is 10.3. The van der Waals surface area contributed by atoms with Crippen LogP contribution in [0.15, 0.2) is 24.3 Å². The van der Waals surface area contributed by atoms with Gasteiger partial charge in [0.1, 0.15) is 5.52 Å². The average Bonchev–Trinajstić information content (AvgIpc) is 2.80. The van der Waals surface area contributed by atoms with E-state index in [0.717, 1.165) is 11.0 Å². The van der Waals surface area contributed by atoms with Crippen LogP contribution in [0, 0.1) is 0 Å². The summed E-state index contributed by atoms with van der Waals surface area (Å²) >= 11 is 0. The van der Waals surface area contributed by atoms with Gasteiger partial charge < -0.3 is 0 Å². The molecule has 1 aromatic heterocycles. The van der Waals surface area contributed by atoms with Crippen molar-refractivity contribution < 1.29 is 18.1 Å². The summed E-state index contributed by atoms with van der Waals surface area (Å²) in [5.41, 5.74) is 1.54. The van der Waals surface area contributed by atoms with E-state index < -0.39 is 7.82 Å². The highest BCUT2D eigenvalue weighted by Gasteiger charge is 2.25. The molecule has 0 saturated carbocycles. The maximum absolute atomic E-state index is 12.1. The number of hydrogen-bond acceptors (Lipinski definition) is 6. The molecule has 0 aliphatic heterocycles. The van der Waals surface area contributed by atoms with Gasteiger partial charge in [-0.25, -0.2) is 9.25 Å². The summed E-state index contributed by atoms with van der Waals surface area (Å²) in [6.07, 6.45) is 0. The van der Waals surface area contributed by atoms with Crippen molar-refractivity contribution in [2.45, 2.75) is 20.6 Å². The molecule has 0 bridgehead atoms. The lowest BCUT2D eigenvalue weighted by Crippen LogP contribution is -2.06. The van der Waals surface area contributed by atoms with Gasteiger partial charge >= 0.3 is 7.82 Å². The summed E-state index contributed by atoms with van der Waals surface area (Å²) in [5.74, 6) is 0. The minimum atomic E-state index is -3.53. The number of fused-ring (bicyclic) bond motifs is 1. The maximum atomic E-state index is 12.1. The topological polar surface area (TPSA) is 75.5 Å². The van der Waals surface area contributed by atoms with Crippen LogP contribution in [0.5, 0.6) is 0 Å². The molecule has 1 heterocycles. The third kappa shape index (κ3) is 3.39. The number of phosphoric acid groups is 1. The third-order valence-electron chi connectivity index (χ3n) is 2.33. The van der Waals surface area contributed by atoms with Gasteiger partial charge in [0.2, 0.25) is 0 Å². The predicted molar refractivity (Wildman–Crippen MR) is 69.5 cm³/mol. The normalized spacial score (nSPS) is 12.1. The van der Waals surface area contributed by atoms with E-state index in [0.29, 0.717) is 0 Å². The van der Waals surface area contributed by atoms with Crippen LogP contribution in [0.3, 0.4) is 0 Å². The van der Waals surface area contributed by atoms with Gasteiger partial charge in [0.25, 0.3) is 0 Å². The lowest BCUT2D eigenvalue weighted by Gasteiger charge is -2.16. The number of rotatable bonds is 7. The highest BCUT2D eigenvalue weighted by atomic mass is 31.2. The molecule has 0 spiro atoms. The summed E-state index contributed by atoms with van der Waals surface area (Å²) in [6, 6.07) is 7.43.